The molecule has 2 heteroatoms. The summed E-state index contributed by atoms with van der Waals surface area (Å²) in [6.45, 7) is 0. The van der Waals surface area contributed by atoms with Crippen molar-refractivity contribution in [2.24, 2.45) is 0 Å². The number of nitrogens with one attached hydrogen (secondary N) is 1. The molecule has 0 aliphatic carbocycles. The summed E-state index contributed by atoms with van der Waals surface area (Å²) in [5.41, 5.74) is 4.30. The summed E-state index contributed by atoms with van der Waals surface area (Å²) in [5.74, 6) is 1.75. The second-order valence-corrected chi connectivity index (χ2v) is 6.76. The van der Waals surface area contributed by atoms with Gasteiger partial charge in [0.2, 0.25) is 0 Å². The van der Waals surface area contributed by atoms with E-state index in [2.05, 4.69) is 84.2 Å². The fourth-order valence-corrected chi connectivity index (χ4v) is 3.46. The van der Waals surface area contributed by atoms with Crippen molar-refractivity contribution >= 4 is 22.1 Å². The van der Waals surface area contributed by atoms with Gasteiger partial charge in [-0.25, -0.2) is 0 Å². The van der Waals surface area contributed by atoms with Crippen LogP contribution in [0.2, 0.25) is 0 Å². The Morgan fingerprint density at radius 2 is 1.14 bits per heavy atom. The lowest BCUT2D eigenvalue weighted by molar-refractivity contribution is 0.597. The molecule has 0 saturated heterocycles. The molecule has 0 spiro atoms. The first-order chi connectivity index (χ1) is 13.9. The largest absolute Gasteiger partial charge is 0.456 e. The highest BCUT2D eigenvalue weighted by atomic mass is 16.3. The Bertz CT molecular complexity index is 1220. The van der Waals surface area contributed by atoms with Crippen LogP contribution in [0.15, 0.2) is 114 Å². The van der Waals surface area contributed by atoms with Crippen LogP contribution in [0.4, 0.5) is 11.4 Å². The van der Waals surface area contributed by atoms with Crippen molar-refractivity contribution in [1.29, 1.82) is 0 Å². The standard InChI is InChI=1S/C26H19NO/c1-2-8-20(9-3-1)25-17-18-26(28-25)21-13-15-22(16-14-21)27-24-12-6-10-19-7-4-5-11-23(19)24/h1-18,27H. The molecular weight excluding hydrogens is 342 g/mol. The van der Waals surface area contributed by atoms with Gasteiger partial charge in [-0.1, -0.05) is 66.7 Å². The van der Waals surface area contributed by atoms with Crippen molar-refractivity contribution < 1.29 is 4.42 Å². The Balaban J connectivity index is 1.40. The maximum absolute atomic E-state index is 6.05. The molecule has 0 aliphatic rings. The SMILES string of the molecule is c1ccc(-c2ccc(-c3ccc(Nc4cccc5ccccc45)cc3)o2)cc1. The van der Waals surface area contributed by atoms with Gasteiger partial charge in [0.1, 0.15) is 11.5 Å². The van der Waals surface area contributed by atoms with Crippen molar-refractivity contribution in [2.75, 3.05) is 5.32 Å². The van der Waals surface area contributed by atoms with E-state index in [0.717, 1.165) is 34.0 Å². The molecule has 5 rings (SSSR count). The zero-order valence-electron chi connectivity index (χ0n) is 15.3. The van der Waals surface area contributed by atoms with Crippen molar-refractivity contribution in [3.63, 3.8) is 0 Å². The molecule has 5 aromatic rings. The maximum Gasteiger partial charge on any atom is 0.134 e. The van der Waals surface area contributed by atoms with Crippen molar-refractivity contribution in [3.8, 4) is 22.6 Å². The van der Waals surface area contributed by atoms with Crippen LogP contribution in [0.25, 0.3) is 33.4 Å². The first kappa shape index (κ1) is 16.4. The highest BCUT2D eigenvalue weighted by Crippen LogP contribution is 2.30. The van der Waals surface area contributed by atoms with Crippen LogP contribution in [0, 0.1) is 0 Å². The molecule has 0 radical (unpaired) electrons. The topological polar surface area (TPSA) is 25.2 Å². The first-order valence-corrected chi connectivity index (χ1v) is 9.37. The molecule has 1 N–H and O–H groups in total. The lowest BCUT2D eigenvalue weighted by Crippen LogP contribution is -1.91. The van der Waals surface area contributed by atoms with E-state index in [1.54, 1.807) is 0 Å². The van der Waals surface area contributed by atoms with E-state index in [0.29, 0.717) is 0 Å². The fraction of sp³-hybridized carbons (Fsp3) is 0. The summed E-state index contributed by atoms with van der Waals surface area (Å²) in [4.78, 5) is 0. The van der Waals surface area contributed by atoms with Gasteiger partial charge in [-0.2, -0.15) is 0 Å². The molecule has 0 fully saturated rings. The quantitative estimate of drug-likeness (QED) is 0.358. The summed E-state index contributed by atoms with van der Waals surface area (Å²) in [6.07, 6.45) is 0. The lowest BCUT2D eigenvalue weighted by atomic mass is 10.1. The number of fused-ring (bicyclic) bond motifs is 1. The third-order valence-electron chi connectivity index (χ3n) is 4.90. The second kappa shape index (κ2) is 7.09. The Hall–Kier alpha value is -3.78. The van der Waals surface area contributed by atoms with Gasteiger partial charge < -0.3 is 9.73 Å². The molecule has 1 aromatic heterocycles. The molecule has 0 saturated carbocycles. The molecule has 4 aromatic carbocycles. The zero-order valence-corrected chi connectivity index (χ0v) is 15.3. The average molecular weight is 361 g/mol. The number of anilines is 2. The minimum atomic E-state index is 0.871. The predicted molar refractivity (Wildman–Crippen MR) is 117 cm³/mol. The Labute approximate surface area is 164 Å². The van der Waals surface area contributed by atoms with Gasteiger partial charge in [-0.05, 0) is 47.9 Å². The maximum atomic E-state index is 6.05. The monoisotopic (exact) mass is 361 g/mol. The highest BCUT2D eigenvalue weighted by Gasteiger charge is 2.07. The van der Waals surface area contributed by atoms with Crippen molar-refractivity contribution in [2.45, 2.75) is 0 Å². The van der Waals surface area contributed by atoms with Gasteiger partial charge in [0, 0.05) is 27.9 Å². The Kier molecular flexibility index (Phi) is 4.15. The van der Waals surface area contributed by atoms with Crippen LogP contribution in [0.1, 0.15) is 0 Å². The number of hydrogen-bond donors (Lipinski definition) is 1. The minimum absolute atomic E-state index is 0.871. The van der Waals surface area contributed by atoms with Gasteiger partial charge in [0.05, 0.1) is 0 Å². The van der Waals surface area contributed by atoms with E-state index in [9.17, 15) is 0 Å². The van der Waals surface area contributed by atoms with Gasteiger partial charge in [0.15, 0.2) is 0 Å². The normalized spacial score (nSPS) is 10.9. The molecule has 0 unspecified atom stereocenters. The molecule has 0 bridgehead atoms. The minimum Gasteiger partial charge on any atom is -0.456 e. The van der Waals surface area contributed by atoms with Crippen LogP contribution >= 0.6 is 0 Å². The van der Waals surface area contributed by atoms with Gasteiger partial charge in [0.25, 0.3) is 0 Å². The second-order valence-electron chi connectivity index (χ2n) is 6.76. The van der Waals surface area contributed by atoms with Crippen molar-refractivity contribution in [1.82, 2.24) is 0 Å². The molecule has 2 nitrogen and oxygen atoms in total. The number of rotatable bonds is 4. The van der Waals surface area contributed by atoms with E-state index >= 15 is 0 Å². The molecule has 0 amide bonds. The summed E-state index contributed by atoms with van der Waals surface area (Å²) in [7, 11) is 0. The highest BCUT2D eigenvalue weighted by molar-refractivity contribution is 5.95. The molecule has 0 atom stereocenters. The zero-order chi connectivity index (χ0) is 18.8. The van der Waals surface area contributed by atoms with E-state index in [4.69, 9.17) is 4.42 Å². The molecule has 28 heavy (non-hydrogen) atoms. The van der Waals surface area contributed by atoms with Gasteiger partial charge >= 0.3 is 0 Å². The summed E-state index contributed by atoms with van der Waals surface area (Å²) < 4.78 is 6.05. The van der Waals surface area contributed by atoms with Gasteiger partial charge in [-0.15, -0.1) is 0 Å². The lowest BCUT2D eigenvalue weighted by Gasteiger charge is -2.10. The summed E-state index contributed by atoms with van der Waals surface area (Å²) in [6, 6.07) is 37.3. The average Bonchev–Trinajstić information content (AvgIpc) is 3.26. The third-order valence-corrected chi connectivity index (χ3v) is 4.90. The van der Waals surface area contributed by atoms with Crippen LogP contribution in [-0.2, 0) is 0 Å². The van der Waals surface area contributed by atoms with E-state index in [1.165, 1.54) is 10.8 Å². The molecule has 1 heterocycles. The third kappa shape index (κ3) is 3.17. The molecule has 134 valence electrons. The van der Waals surface area contributed by atoms with E-state index < -0.39 is 0 Å². The van der Waals surface area contributed by atoms with Crippen LogP contribution in [0.3, 0.4) is 0 Å². The fourth-order valence-electron chi connectivity index (χ4n) is 3.46. The molecule has 0 aliphatic heterocycles. The Morgan fingerprint density at radius 1 is 0.500 bits per heavy atom. The summed E-state index contributed by atoms with van der Waals surface area (Å²) in [5, 5.41) is 5.97. The van der Waals surface area contributed by atoms with Crippen LogP contribution in [0.5, 0.6) is 0 Å². The van der Waals surface area contributed by atoms with E-state index in [1.807, 2.05) is 30.3 Å². The van der Waals surface area contributed by atoms with Crippen molar-refractivity contribution in [3.05, 3.63) is 109 Å². The Morgan fingerprint density at radius 3 is 1.93 bits per heavy atom. The predicted octanol–water partition coefficient (Wildman–Crippen LogP) is 7.51. The number of hydrogen-bond acceptors (Lipinski definition) is 2. The van der Waals surface area contributed by atoms with Crippen LogP contribution < -0.4 is 5.32 Å². The molecular formula is C26H19NO. The van der Waals surface area contributed by atoms with E-state index in [-0.39, 0.29) is 0 Å². The number of benzene rings is 4. The number of furan rings is 1. The first-order valence-electron chi connectivity index (χ1n) is 9.37. The van der Waals surface area contributed by atoms with Crippen LogP contribution in [-0.4, -0.2) is 0 Å². The summed E-state index contributed by atoms with van der Waals surface area (Å²) >= 11 is 0. The smallest absolute Gasteiger partial charge is 0.134 e. The van der Waals surface area contributed by atoms with Gasteiger partial charge in [-0.3, -0.25) is 0 Å².